The van der Waals surface area contributed by atoms with Crippen LogP contribution in [0.2, 0.25) is 0 Å². The lowest BCUT2D eigenvalue weighted by molar-refractivity contribution is 0.0934. The Morgan fingerprint density at radius 3 is 1.50 bits per heavy atom. The summed E-state index contributed by atoms with van der Waals surface area (Å²) in [7, 11) is -1.68. The molecule has 4 aliphatic rings. The highest BCUT2D eigenvalue weighted by molar-refractivity contribution is 7.84. The van der Waals surface area contributed by atoms with E-state index >= 15 is 8.78 Å². The Morgan fingerprint density at radius 2 is 1.06 bits per heavy atom. The molecule has 0 radical (unpaired) electrons. The molecule has 1 atom stereocenters. The second-order valence-corrected chi connectivity index (χ2v) is 21.5. The molecule has 17 nitrogen and oxygen atoms in total. The first-order valence-corrected chi connectivity index (χ1v) is 27.4. The summed E-state index contributed by atoms with van der Waals surface area (Å²) in [6, 6.07) is 16.1. The van der Waals surface area contributed by atoms with E-state index in [4.69, 9.17) is 9.97 Å². The number of likely N-dealkylation sites (tertiary alicyclic amines) is 1. The van der Waals surface area contributed by atoms with E-state index in [1.54, 1.807) is 30.3 Å². The number of para-hydroxylation sites is 2. The van der Waals surface area contributed by atoms with E-state index in [1.165, 1.54) is 31.2 Å². The van der Waals surface area contributed by atoms with E-state index in [-0.39, 0.29) is 53.8 Å². The van der Waals surface area contributed by atoms with Crippen LogP contribution in [0.5, 0.6) is 0 Å². The molecule has 408 valence electrons. The van der Waals surface area contributed by atoms with E-state index in [1.807, 2.05) is 47.6 Å². The minimum absolute atomic E-state index is 0.0332. The topological polar surface area (TPSA) is 198 Å². The maximum absolute atomic E-state index is 15.1. The highest BCUT2D eigenvalue weighted by atomic mass is 32.2. The third-order valence-electron chi connectivity index (χ3n) is 13.9. The van der Waals surface area contributed by atoms with Gasteiger partial charge in [0.15, 0.2) is 11.6 Å². The predicted molar refractivity (Wildman–Crippen MR) is 289 cm³/mol. The fourth-order valence-corrected chi connectivity index (χ4v) is 10.5. The van der Waals surface area contributed by atoms with E-state index in [0.717, 1.165) is 84.2 Å². The van der Waals surface area contributed by atoms with Crippen LogP contribution in [0.1, 0.15) is 96.3 Å². The van der Waals surface area contributed by atoms with Crippen molar-refractivity contribution >= 4 is 63.6 Å². The zero-order chi connectivity index (χ0) is 55.7. The van der Waals surface area contributed by atoms with Gasteiger partial charge in [-0.2, -0.15) is 4.98 Å². The fourth-order valence-electron chi connectivity index (χ4n) is 10.1. The zero-order valence-electron chi connectivity index (χ0n) is 44.3. The van der Waals surface area contributed by atoms with Crippen molar-refractivity contribution < 1.29 is 40.9 Å². The van der Waals surface area contributed by atoms with Gasteiger partial charge in [0.05, 0.1) is 35.3 Å². The second-order valence-electron chi connectivity index (χ2n) is 20.2. The van der Waals surface area contributed by atoms with Crippen LogP contribution in [-0.2, 0) is 23.9 Å². The van der Waals surface area contributed by atoms with Gasteiger partial charge >= 0.3 is 12.1 Å². The van der Waals surface area contributed by atoms with Crippen molar-refractivity contribution in [3.8, 4) is 22.5 Å². The van der Waals surface area contributed by atoms with Gasteiger partial charge in [-0.25, -0.2) is 51.9 Å². The molecule has 10 rings (SSSR count). The summed E-state index contributed by atoms with van der Waals surface area (Å²) in [5.41, 5.74) is 4.28. The summed E-state index contributed by atoms with van der Waals surface area (Å²) in [5, 5.41) is 11.0. The Bertz CT molecular complexity index is 3330. The van der Waals surface area contributed by atoms with Gasteiger partial charge in [0.25, 0.3) is 11.8 Å². The van der Waals surface area contributed by atoms with Crippen molar-refractivity contribution in [2.45, 2.75) is 104 Å². The third kappa shape index (κ3) is 11.3. The van der Waals surface area contributed by atoms with Gasteiger partial charge in [-0.3, -0.25) is 13.8 Å². The van der Waals surface area contributed by atoms with E-state index in [2.05, 4.69) is 41.0 Å². The number of hydrogen-bond acceptors (Lipinski definition) is 11. The average molecular weight is 1090 g/mol. The van der Waals surface area contributed by atoms with Crippen molar-refractivity contribution in [3.05, 3.63) is 129 Å². The van der Waals surface area contributed by atoms with Gasteiger partial charge in [0, 0.05) is 70.9 Å². The quantitative estimate of drug-likeness (QED) is 0.0713. The number of halogens is 4. The summed E-state index contributed by atoms with van der Waals surface area (Å²) in [4.78, 5) is 76.6. The van der Waals surface area contributed by atoms with Gasteiger partial charge in [-0.1, -0.05) is 24.3 Å². The maximum atomic E-state index is 15.1. The van der Waals surface area contributed by atoms with Crippen molar-refractivity contribution in [1.82, 2.24) is 46.1 Å². The zero-order valence-corrected chi connectivity index (χ0v) is 45.1. The Hall–Kier alpha value is -7.85. The number of amides is 6. The molecule has 4 N–H and O–H groups in total. The first-order valence-electron chi connectivity index (χ1n) is 25.8. The Morgan fingerprint density at radius 1 is 0.628 bits per heavy atom. The number of carbonyl (C=O) groups is 4. The number of urea groups is 2. The number of aryl methyl sites for hydroxylation is 2. The molecule has 0 bridgehead atoms. The van der Waals surface area contributed by atoms with Gasteiger partial charge in [0.2, 0.25) is 11.1 Å². The molecular weight excluding hydrogens is 1030 g/mol. The van der Waals surface area contributed by atoms with Crippen LogP contribution in [0.3, 0.4) is 0 Å². The van der Waals surface area contributed by atoms with E-state index in [0.29, 0.717) is 56.8 Å². The largest absolute Gasteiger partial charge is 0.350 e. The lowest BCUT2D eigenvalue weighted by Gasteiger charge is -2.37. The van der Waals surface area contributed by atoms with E-state index in [9.17, 15) is 32.2 Å². The lowest BCUT2D eigenvalue weighted by Crippen LogP contribution is -2.45. The standard InChI is InChI=1S/C32H37F2N7O2.C24H23F2N5O3S/c1-19(2)36-30(42)21-10-9-20(3)23(17-21)27-24-18-35-32(43)41(28-25(33)7-6-8-26(28)34)29(24)38-31(37-27)40-15-11-22(12-16-40)39-13-4-5-14-39;1-12(2)28-22(32)14-9-8-13(3)15(10-14)19-16-11-27-24(33)31(20-17(25)6-5-7-18(20)26)21(16)30-23(29-19)35(4)34/h6-10,17,19,22H,4-5,11-16,18H2,1-3H3,(H,35,43)(H,36,42);5-10,12H,11H2,1-4H3,(H,27,33)(H,28,32). The molecule has 6 heterocycles. The molecule has 6 aromatic rings. The van der Waals surface area contributed by atoms with Gasteiger partial charge < -0.3 is 31.1 Å². The number of anilines is 5. The van der Waals surface area contributed by atoms with Gasteiger partial charge in [0.1, 0.15) is 34.6 Å². The van der Waals surface area contributed by atoms with Crippen LogP contribution < -0.4 is 36.0 Å². The highest BCUT2D eigenvalue weighted by Crippen LogP contribution is 2.42. The molecule has 2 fully saturated rings. The number of hydrogen-bond donors (Lipinski definition) is 4. The van der Waals surface area contributed by atoms with Crippen molar-refractivity contribution in [1.29, 1.82) is 0 Å². The summed E-state index contributed by atoms with van der Waals surface area (Å²) in [6.07, 6.45) is 5.73. The molecule has 2 saturated heterocycles. The molecule has 0 saturated carbocycles. The van der Waals surface area contributed by atoms with Crippen LogP contribution in [0, 0.1) is 37.1 Å². The van der Waals surface area contributed by atoms with Crippen LogP contribution in [0.15, 0.2) is 78.0 Å². The molecule has 0 aliphatic carbocycles. The molecule has 6 amide bonds. The number of benzene rings is 4. The first-order chi connectivity index (χ1) is 37.3. The van der Waals surface area contributed by atoms with Gasteiger partial charge in [-0.15, -0.1) is 0 Å². The molecule has 4 aliphatic heterocycles. The number of piperidine rings is 1. The average Bonchev–Trinajstić information content (AvgIpc) is 4.08. The number of aromatic nitrogens is 4. The SMILES string of the molecule is Cc1ccc(C(=O)NC(C)C)cc1-c1nc(N2CCC(N3CCCC3)CC2)nc2c1CNC(=O)N2c1c(F)cccc1F.Cc1ccc(C(=O)NC(C)C)cc1-c1nc(S(C)=O)nc2c1CNC(=O)N2c1c(F)cccc1F. The normalized spacial score (nSPS) is 16.0. The summed E-state index contributed by atoms with van der Waals surface area (Å²) >= 11 is 0. The molecule has 78 heavy (non-hydrogen) atoms. The Labute approximate surface area is 451 Å². The molecule has 0 spiro atoms. The number of carbonyl (C=O) groups excluding carboxylic acids is 4. The number of nitrogens with one attached hydrogen (secondary N) is 4. The molecule has 1 unspecified atom stereocenters. The lowest BCUT2D eigenvalue weighted by atomic mass is 9.97. The smallest absolute Gasteiger partial charge is 0.328 e. The number of fused-ring (bicyclic) bond motifs is 2. The molecule has 22 heteroatoms. The molecular formula is C56H60F4N12O5S. The number of nitrogens with zero attached hydrogens (tertiary/aromatic N) is 8. The molecule has 2 aromatic heterocycles. The first kappa shape index (κ1) is 54.9. The van der Waals surface area contributed by atoms with Crippen LogP contribution >= 0.6 is 0 Å². The molecule has 4 aromatic carbocycles. The van der Waals surface area contributed by atoms with Crippen molar-refractivity contribution in [3.63, 3.8) is 0 Å². The minimum atomic E-state index is -1.68. The Kier molecular flexibility index (Phi) is 16.2. The fraction of sp³-hybridized carbons (Fsp3) is 0.357. The summed E-state index contributed by atoms with van der Waals surface area (Å²) < 4.78 is 72.0. The Balaban J connectivity index is 0.000000194. The van der Waals surface area contributed by atoms with Crippen LogP contribution in [0.4, 0.5) is 56.1 Å². The van der Waals surface area contributed by atoms with Crippen molar-refractivity contribution in [2.75, 3.05) is 47.1 Å². The second kappa shape index (κ2) is 23.0. The summed E-state index contributed by atoms with van der Waals surface area (Å²) in [5.74, 6) is -3.73. The predicted octanol–water partition coefficient (Wildman–Crippen LogP) is 9.26. The van der Waals surface area contributed by atoms with Crippen LogP contribution in [0.25, 0.3) is 22.5 Å². The van der Waals surface area contributed by atoms with E-state index < -0.39 is 57.5 Å². The third-order valence-corrected chi connectivity index (χ3v) is 14.6. The minimum Gasteiger partial charge on any atom is -0.350 e. The maximum Gasteiger partial charge on any atom is 0.328 e. The number of rotatable bonds is 11. The summed E-state index contributed by atoms with van der Waals surface area (Å²) in [6.45, 7) is 14.9. The monoisotopic (exact) mass is 1090 g/mol. The van der Waals surface area contributed by atoms with Gasteiger partial charge in [-0.05, 0) is 140 Å². The van der Waals surface area contributed by atoms with Crippen molar-refractivity contribution in [2.24, 2.45) is 0 Å². The highest BCUT2D eigenvalue weighted by Gasteiger charge is 2.38. The van der Waals surface area contributed by atoms with Crippen LogP contribution in [-0.4, -0.2) is 103 Å².